The molecule has 0 saturated heterocycles. The highest BCUT2D eigenvalue weighted by Crippen LogP contribution is 2.29. The fourth-order valence-corrected chi connectivity index (χ4v) is 1.82. The van der Waals surface area contributed by atoms with Gasteiger partial charge in [-0.3, -0.25) is 9.59 Å². The molecule has 20 heavy (non-hydrogen) atoms. The second kappa shape index (κ2) is 8.06. The molecule has 0 spiro atoms. The molecule has 1 atom stereocenters. The van der Waals surface area contributed by atoms with Crippen LogP contribution in [-0.4, -0.2) is 41.3 Å². The van der Waals surface area contributed by atoms with Crippen LogP contribution in [0.4, 0.5) is 5.69 Å². The van der Waals surface area contributed by atoms with Crippen LogP contribution < -0.4 is 10.6 Å². The Labute approximate surface area is 125 Å². The fraction of sp³-hybridized carbons (Fsp3) is 0.333. The number of halogens is 2. The summed E-state index contributed by atoms with van der Waals surface area (Å²) < 4.78 is 0. The molecule has 0 saturated carbocycles. The van der Waals surface area contributed by atoms with E-state index in [0.717, 1.165) is 0 Å². The highest BCUT2D eigenvalue weighted by Gasteiger charge is 2.21. The number of rotatable bonds is 7. The Kier molecular flexibility index (Phi) is 6.74. The first kappa shape index (κ1) is 16.7. The zero-order valence-corrected chi connectivity index (χ0v) is 11.9. The second-order valence-electron chi connectivity index (χ2n) is 3.92. The Balaban J connectivity index is 2.66. The lowest BCUT2D eigenvalue weighted by Crippen LogP contribution is -2.41. The molecular weight excluding hydrogens is 307 g/mol. The Bertz CT molecular complexity index is 496. The maximum absolute atomic E-state index is 11.8. The summed E-state index contributed by atoms with van der Waals surface area (Å²) in [6.07, 6.45) is -0.293. The molecule has 0 bridgehead atoms. The summed E-state index contributed by atoms with van der Waals surface area (Å²) in [4.78, 5) is 22.7. The van der Waals surface area contributed by atoms with Crippen molar-refractivity contribution >= 4 is 40.8 Å². The van der Waals surface area contributed by atoms with Crippen LogP contribution in [-0.2, 0) is 9.59 Å². The average molecular weight is 321 g/mol. The van der Waals surface area contributed by atoms with Crippen molar-refractivity contribution in [1.29, 1.82) is 0 Å². The number of carbonyl (C=O) groups is 2. The van der Waals surface area contributed by atoms with Crippen LogP contribution in [0.1, 0.15) is 6.42 Å². The van der Waals surface area contributed by atoms with Crippen molar-refractivity contribution in [3.63, 3.8) is 0 Å². The van der Waals surface area contributed by atoms with E-state index in [2.05, 4.69) is 10.6 Å². The van der Waals surface area contributed by atoms with Gasteiger partial charge in [0.15, 0.2) is 0 Å². The molecule has 110 valence electrons. The molecule has 0 aliphatic carbocycles. The molecule has 4 N–H and O–H groups in total. The first-order valence-electron chi connectivity index (χ1n) is 5.76. The van der Waals surface area contributed by atoms with E-state index >= 15 is 0 Å². The summed E-state index contributed by atoms with van der Waals surface area (Å²) in [6, 6.07) is 3.66. The number of benzene rings is 1. The van der Waals surface area contributed by atoms with Crippen molar-refractivity contribution in [3.8, 4) is 0 Å². The number of amides is 1. The van der Waals surface area contributed by atoms with E-state index in [9.17, 15) is 9.59 Å². The minimum Gasteiger partial charge on any atom is -0.480 e. The zero-order valence-electron chi connectivity index (χ0n) is 10.4. The van der Waals surface area contributed by atoms with Gasteiger partial charge in [0.25, 0.3) is 0 Å². The van der Waals surface area contributed by atoms with Gasteiger partial charge in [-0.25, -0.2) is 0 Å². The van der Waals surface area contributed by atoms with E-state index in [-0.39, 0.29) is 29.6 Å². The lowest BCUT2D eigenvalue weighted by molar-refractivity contribution is -0.141. The van der Waals surface area contributed by atoms with Crippen LogP contribution in [0.3, 0.4) is 0 Å². The number of aliphatic carboxylic acids is 1. The van der Waals surface area contributed by atoms with Crippen LogP contribution in [0.5, 0.6) is 0 Å². The van der Waals surface area contributed by atoms with Crippen LogP contribution in [0, 0.1) is 0 Å². The third-order valence-electron chi connectivity index (χ3n) is 2.42. The lowest BCUT2D eigenvalue weighted by atomic mass is 10.2. The van der Waals surface area contributed by atoms with E-state index in [1.807, 2.05) is 0 Å². The molecule has 8 heteroatoms. The maximum Gasteiger partial charge on any atom is 0.321 e. The summed E-state index contributed by atoms with van der Waals surface area (Å²) in [5, 5.41) is 23.1. The summed E-state index contributed by atoms with van der Waals surface area (Å²) in [7, 11) is 0. The highest BCUT2D eigenvalue weighted by atomic mass is 35.5. The highest BCUT2D eigenvalue weighted by molar-refractivity contribution is 6.43. The molecule has 1 aromatic rings. The zero-order chi connectivity index (χ0) is 15.1. The molecule has 0 unspecified atom stereocenters. The Morgan fingerprint density at radius 2 is 2.00 bits per heavy atom. The number of carbonyl (C=O) groups excluding carboxylic acids is 1. The number of hydrogen-bond donors (Lipinski definition) is 4. The van der Waals surface area contributed by atoms with E-state index in [0.29, 0.717) is 5.69 Å². The average Bonchev–Trinajstić information content (AvgIpc) is 2.39. The second-order valence-corrected chi connectivity index (χ2v) is 4.71. The van der Waals surface area contributed by atoms with E-state index in [4.69, 9.17) is 33.4 Å². The third kappa shape index (κ3) is 4.97. The SMILES string of the molecule is O=C(C[C@@H](NCCO)C(=O)O)Nc1cccc(Cl)c1Cl. The molecule has 0 heterocycles. The van der Waals surface area contributed by atoms with Gasteiger partial charge < -0.3 is 20.8 Å². The number of nitrogens with one attached hydrogen (secondary N) is 2. The quantitative estimate of drug-likeness (QED) is 0.608. The predicted molar refractivity (Wildman–Crippen MR) is 76.2 cm³/mol. The maximum atomic E-state index is 11.8. The van der Waals surface area contributed by atoms with E-state index in [1.54, 1.807) is 18.2 Å². The van der Waals surface area contributed by atoms with Crippen molar-refractivity contribution in [1.82, 2.24) is 5.32 Å². The van der Waals surface area contributed by atoms with Gasteiger partial charge in [-0.15, -0.1) is 0 Å². The molecule has 0 aliphatic heterocycles. The van der Waals surface area contributed by atoms with Gasteiger partial charge in [0.1, 0.15) is 6.04 Å². The Hall–Kier alpha value is -1.34. The van der Waals surface area contributed by atoms with Gasteiger partial charge in [-0.1, -0.05) is 29.3 Å². The van der Waals surface area contributed by atoms with E-state index in [1.165, 1.54) is 0 Å². The molecule has 0 radical (unpaired) electrons. The van der Waals surface area contributed by atoms with Crippen molar-refractivity contribution in [2.24, 2.45) is 0 Å². The Morgan fingerprint density at radius 1 is 1.30 bits per heavy atom. The van der Waals surface area contributed by atoms with Crippen LogP contribution in [0.25, 0.3) is 0 Å². The van der Waals surface area contributed by atoms with Gasteiger partial charge >= 0.3 is 5.97 Å². The third-order valence-corrected chi connectivity index (χ3v) is 3.23. The predicted octanol–water partition coefficient (Wildman–Crippen LogP) is 1.36. The summed E-state index contributed by atoms with van der Waals surface area (Å²) in [5.74, 6) is -1.70. The van der Waals surface area contributed by atoms with E-state index < -0.39 is 17.9 Å². The van der Waals surface area contributed by atoms with Crippen molar-refractivity contribution in [2.75, 3.05) is 18.5 Å². The largest absolute Gasteiger partial charge is 0.480 e. The molecule has 1 aromatic carbocycles. The van der Waals surface area contributed by atoms with Crippen LogP contribution in [0.2, 0.25) is 10.0 Å². The molecule has 1 rings (SSSR count). The van der Waals surface area contributed by atoms with Gasteiger partial charge in [0.2, 0.25) is 5.91 Å². The number of carboxylic acid groups (broad SMARTS) is 1. The topological polar surface area (TPSA) is 98.7 Å². The van der Waals surface area contributed by atoms with Crippen molar-refractivity contribution < 1.29 is 19.8 Å². The number of aliphatic hydroxyl groups is 1. The monoisotopic (exact) mass is 320 g/mol. The van der Waals surface area contributed by atoms with Crippen molar-refractivity contribution in [3.05, 3.63) is 28.2 Å². The summed E-state index contributed by atoms with van der Waals surface area (Å²) in [5.41, 5.74) is 0.315. The smallest absolute Gasteiger partial charge is 0.321 e. The first-order valence-corrected chi connectivity index (χ1v) is 6.52. The minimum absolute atomic E-state index is 0.0855. The molecule has 0 aliphatic rings. The lowest BCUT2D eigenvalue weighted by Gasteiger charge is -2.14. The summed E-state index contributed by atoms with van der Waals surface area (Å²) in [6.45, 7) is -0.131. The number of anilines is 1. The normalized spacial score (nSPS) is 11.9. The van der Waals surface area contributed by atoms with Gasteiger partial charge in [-0.05, 0) is 12.1 Å². The fourth-order valence-electron chi connectivity index (χ4n) is 1.47. The van der Waals surface area contributed by atoms with Crippen molar-refractivity contribution in [2.45, 2.75) is 12.5 Å². The van der Waals surface area contributed by atoms with Gasteiger partial charge in [-0.2, -0.15) is 0 Å². The summed E-state index contributed by atoms with van der Waals surface area (Å²) >= 11 is 11.7. The minimum atomic E-state index is -1.18. The Morgan fingerprint density at radius 3 is 2.60 bits per heavy atom. The standard InChI is InChI=1S/C12H14Cl2N2O4/c13-7-2-1-3-8(11(7)14)16-10(18)6-9(12(19)20)15-4-5-17/h1-3,9,15,17H,4-6H2,(H,16,18)(H,19,20)/t9-/m1/s1. The molecule has 6 nitrogen and oxygen atoms in total. The number of carboxylic acids is 1. The van der Waals surface area contributed by atoms with Gasteiger partial charge in [0, 0.05) is 6.54 Å². The molecule has 0 aromatic heterocycles. The molecule has 1 amide bonds. The van der Waals surface area contributed by atoms with Gasteiger partial charge in [0.05, 0.1) is 28.8 Å². The van der Waals surface area contributed by atoms with Crippen LogP contribution in [0.15, 0.2) is 18.2 Å². The molecular formula is C12H14Cl2N2O4. The first-order chi connectivity index (χ1) is 9.45. The number of hydrogen-bond acceptors (Lipinski definition) is 4. The van der Waals surface area contributed by atoms with Crippen LogP contribution >= 0.6 is 23.2 Å². The molecule has 0 fully saturated rings. The number of aliphatic hydroxyl groups excluding tert-OH is 1.